The van der Waals surface area contributed by atoms with Crippen molar-refractivity contribution in [3.8, 4) is 0 Å². The molecule has 0 aliphatic rings. The molecule has 1 atom stereocenters. The van der Waals surface area contributed by atoms with Gasteiger partial charge in [-0.1, -0.05) is 233 Å². The number of hydrogen-bond donors (Lipinski definition) is 1. The average molecular weight is 726 g/mol. The normalized spacial score (nSPS) is 12.2. The van der Waals surface area contributed by atoms with E-state index in [1.165, 1.54) is 122 Å². The summed E-state index contributed by atoms with van der Waals surface area (Å²) in [6.07, 6.45) is 28.8. The second kappa shape index (κ2) is 29.4. The molecule has 0 aliphatic heterocycles. The van der Waals surface area contributed by atoms with Gasteiger partial charge in [0, 0.05) is 19.6 Å². The number of nitrogens with one attached hydrogen (secondary N) is 1. The van der Waals surface area contributed by atoms with Crippen molar-refractivity contribution >= 4 is 5.91 Å². The van der Waals surface area contributed by atoms with Crippen LogP contribution in [0.25, 0.3) is 0 Å². The Kier molecular flexibility index (Phi) is 24.7. The first-order chi connectivity index (χ1) is 26.2. The SMILES string of the molecule is CCCCCCCCCCCCCCCOC(CNC(=O)CCCCCCCCCCC)COC(c1ccccc1)(c1ccccc1)c1ccccc1. The summed E-state index contributed by atoms with van der Waals surface area (Å²) in [7, 11) is 0. The molecule has 1 amide bonds. The highest BCUT2D eigenvalue weighted by atomic mass is 16.5. The molecule has 53 heavy (non-hydrogen) atoms. The molecule has 0 heterocycles. The summed E-state index contributed by atoms with van der Waals surface area (Å²) < 4.78 is 13.7. The third-order valence-corrected chi connectivity index (χ3v) is 10.7. The standard InChI is InChI=1S/C49H75NO3/c1-3-5-7-9-11-13-14-15-16-18-20-22-33-41-52-47(42-50-48(51)40-32-21-19-17-12-10-8-6-4-2)43-53-49(44-34-26-23-27-35-44,45-36-28-24-29-37-45)46-38-30-25-31-39-46/h23-31,34-39,47H,3-22,32-33,40-43H2,1-2H3,(H,50,51). The quantitative estimate of drug-likeness (QED) is 0.0502. The van der Waals surface area contributed by atoms with Crippen molar-refractivity contribution in [2.45, 2.75) is 173 Å². The van der Waals surface area contributed by atoms with E-state index in [1.807, 2.05) is 0 Å². The van der Waals surface area contributed by atoms with Crippen molar-refractivity contribution in [1.29, 1.82) is 0 Å². The van der Waals surface area contributed by atoms with Gasteiger partial charge in [0.2, 0.25) is 5.91 Å². The molecule has 0 bridgehead atoms. The molecule has 3 aromatic rings. The maximum absolute atomic E-state index is 13.0. The summed E-state index contributed by atoms with van der Waals surface area (Å²) in [4.78, 5) is 13.0. The molecule has 0 spiro atoms. The van der Waals surface area contributed by atoms with E-state index in [9.17, 15) is 4.79 Å². The fourth-order valence-corrected chi connectivity index (χ4v) is 7.43. The van der Waals surface area contributed by atoms with Gasteiger partial charge in [-0.05, 0) is 29.5 Å². The molecule has 0 radical (unpaired) electrons. The number of unbranched alkanes of at least 4 members (excludes halogenated alkanes) is 20. The number of carbonyl (C=O) groups excluding carboxylic acids is 1. The van der Waals surface area contributed by atoms with Gasteiger partial charge in [-0.3, -0.25) is 4.79 Å². The number of ether oxygens (including phenoxy) is 2. The van der Waals surface area contributed by atoms with Crippen molar-refractivity contribution in [3.63, 3.8) is 0 Å². The van der Waals surface area contributed by atoms with Crippen LogP contribution in [-0.2, 0) is 19.9 Å². The van der Waals surface area contributed by atoms with Gasteiger partial charge in [0.1, 0.15) is 5.60 Å². The fraction of sp³-hybridized carbons (Fsp3) is 0.612. The fourth-order valence-electron chi connectivity index (χ4n) is 7.43. The second-order valence-corrected chi connectivity index (χ2v) is 15.2. The van der Waals surface area contributed by atoms with E-state index >= 15 is 0 Å². The maximum atomic E-state index is 13.0. The third-order valence-electron chi connectivity index (χ3n) is 10.7. The zero-order valence-corrected chi connectivity index (χ0v) is 33.8. The van der Waals surface area contributed by atoms with Crippen LogP contribution in [0.4, 0.5) is 0 Å². The van der Waals surface area contributed by atoms with E-state index < -0.39 is 5.60 Å². The Morgan fingerprint density at radius 2 is 0.868 bits per heavy atom. The number of amides is 1. The van der Waals surface area contributed by atoms with Crippen LogP contribution in [0.3, 0.4) is 0 Å². The van der Waals surface area contributed by atoms with Crippen molar-refractivity contribution in [1.82, 2.24) is 5.32 Å². The van der Waals surface area contributed by atoms with E-state index in [0.29, 0.717) is 26.2 Å². The van der Waals surface area contributed by atoms with Gasteiger partial charge >= 0.3 is 0 Å². The van der Waals surface area contributed by atoms with Crippen LogP contribution in [0.15, 0.2) is 91.0 Å². The minimum atomic E-state index is -0.818. The van der Waals surface area contributed by atoms with Gasteiger partial charge in [-0.2, -0.15) is 0 Å². The Morgan fingerprint density at radius 3 is 1.26 bits per heavy atom. The lowest BCUT2D eigenvalue weighted by molar-refractivity contribution is -0.122. The molecule has 3 rings (SSSR count). The number of carbonyl (C=O) groups is 1. The van der Waals surface area contributed by atoms with Crippen LogP contribution in [-0.4, -0.2) is 31.8 Å². The van der Waals surface area contributed by atoms with Crippen molar-refractivity contribution in [3.05, 3.63) is 108 Å². The maximum Gasteiger partial charge on any atom is 0.220 e. The van der Waals surface area contributed by atoms with Gasteiger partial charge in [-0.15, -0.1) is 0 Å². The third kappa shape index (κ3) is 18.3. The minimum absolute atomic E-state index is 0.114. The molecule has 1 N–H and O–H groups in total. The summed E-state index contributed by atoms with van der Waals surface area (Å²) in [5, 5.41) is 3.22. The lowest BCUT2D eigenvalue weighted by Gasteiger charge is -2.37. The first kappa shape index (κ1) is 44.4. The molecule has 4 nitrogen and oxygen atoms in total. The van der Waals surface area contributed by atoms with Crippen molar-refractivity contribution < 1.29 is 14.3 Å². The monoisotopic (exact) mass is 726 g/mol. The lowest BCUT2D eigenvalue weighted by atomic mass is 9.80. The van der Waals surface area contributed by atoms with Crippen LogP contribution >= 0.6 is 0 Å². The Hall–Kier alpha value is -2.95. The number of hydrogen-bond acceptors (Lipinski definition) is 3. The zero-order chi connectivity index (χ0) is 37.5. The van der Waals surface area contributed by atoms with E-state index in [0.717, 1.165) is 36.0 Å². The number of rotatable bonds is 33. The predicted molar refractivity (Wildman–Crippen MR) is 225 cm³/mol. The second-order valence-electron chi connectivity index (χ2n) is 15.2. The van der Waals surface area contributed by atoms with E-state index in [-0.39, 0.29) is 12.0 Å². The molecule has 0 aliphatic carbocycles. The van der Waals surface area contributed by atoms with Gasteiger partial charge in [0.05, 0.1) is 12.7 Å². The van der Waals surface area contributed by atoms with Crippen LogP contribution in [0.5, 0.6) is 0 Å². The highest BCUT2D eigenvalue weighted by Crippen LogP contribution is 2.40. The molecule has 294 valence electrons. The Balaban J connectivity index is 1.55. The first-order valence-corrected chi connectivity index (χ1v) is 21.9. The summed E-state index contributed by atoms with van der Waals surface area (Å²) in [5.74, 6) is 0.114. The molecule has 4 heteroatoms. The zero-order valence-electron chi connectivity index (χ0n) is 33.8. The first-order valence-electron chi connectivity index (χ1n) is 21.9. The van der Waals surface area contributed by atoms with Crippen molar-refractivity contribution in [2.24, 2.45) is 0 Å². The topological polar surface area (TPSA) is 47.6 Å². The van der Waals surface area contributed by atoms with Crippen LogP contribution in [0.1, 0.15) is 178 Å². The van der Waals surface area contributed by atoms with Gasteiger partial charge < -0.3 is 14.8 Å². The molecular formula is C49H75NO3. The molecular weight excluding hydrogens is 651 g/mol. The smallest absolute Gasteiger partial charge is 0.220 e. The van der Waals surface area contributed by atoms with Crippen molar-refractivity contribution in [2.75, 3.05) is 19.8 Å². The van der Waals surface area contributed by atoms with Crippen LogP contribution in [0.2, 0.25) is 0 Å². The lowest BCUT2D eigenvalue weighted by Crippen LogP contribution is -2.41. The van der Waals surface area contributed by atoms with E-state index in [4.69, 9.17) is 9.47 Å². The highest BCUT2D eigenvalue weighted by Gasteiger charge is 2.38. The van der Waals surface area contributed by atoms with E-state index in [1.54, 1.807) is 0 Å². The Bertz CT molecular complexity index is 1170. The number of benzene rings is 3. The minimum Gasteiger partial charge on any atom is -0.374 e. The van der Waals surface area contributed by atoms with Crippen LogP contribution in [0, 0.1) is 0 Å². The summed E-state index contributed by atoms with van der Waals surface area (Å²) >= 11 is 0. The molecule has 1 unspecified atom stereocenters. The predicted octanol–water partition coefficient (Wildman–Crippen LogP) is 13.5. The molecule has 0 saturated heterocycles. The average Bonchev–Trinajstić information content (AvgIpc) is 3.20. The van der Waals surface area contributed by atoms with E-state index in [2.05, 4.69) is 110 Å². The molecule has 0 aromatic heterocycles. The van der Waals surface area contributed by atoms with Crippen LogP contribution < -0.4 is 5.32 Å². The summed E-state index contributed by atoms with van der Waals surface area (Å²) in [6.45, 7) is 6.03. The molecule has 0 saturated carbocycles. The highest BCUT2D eigenvalue weighted by molar-refractivity contribution is 5.75. The molecule has 3 aromatic carbocycles. The summed E-state index contributed by atoms with van der Waals surface area (Å²) in [5.41, 5.74) is 2.40. The van der Waals surface area contributed by atoms with Gasteiger partial charge in [0.25, 0.3) is 0 Å². The Morgan fingerprint density at radius 1 is 0.509 bits per heavy atom. The molecule has 0 fully saturated rings. The Labute approximate surface area is 325 Å². The van der Waals surface area contributed by atoms with Gasteiger partial charge in [-0.25, -0.2) is 0 Å². The van der Waals surface area contributed by atoms with Gasteiger partial charge in [0.15, 0.2) is 0 Å². The summed E-state index contributed by atoms with van der Waals surface area (Å²) in [6, 6.07) is 31.5. The largest absolute Gasteiger partial charge is 0.374 e.